The van der Waals surface area contributed by atoms with E-state index >= 15 is 0 Å². The second kappa shape index (κ2) is 4.23. The SMILES string of the molecule is CN(N)CC(O)c1cccc(O)c1. The number of nitrogens with zero attached hydrogens (tertiary/aromatic N) is 1. The second-order valence-corrected chi connectivity index (χ2v) is 3.05. The lowest BCUT2D eigenvalue weighted by molar-refractivity contribution is 0.127. The van der Waals surface area contributed by atoms with Crippen LogP contribution in [0.3, 0.4) is 0 Å². The average Bonchev–Trinajstić information content (AvgIpc) is 2.03. The topological polar surface area (TPSA) is 69.7 Å². The van der Waals surface area contributed by atoms with Crippen molar-refractivity contribution in [3.8, 4) is 5.75 Å². The standard InChI is InChI=1S/C9H14N2O2/c1-11(10)6-9(13)7-3-2-4-8(12)5-7/h2-5,9,12-13H,6,10H2,1H3. The van der Waals surface area contributed by atoms with Crippen molar-refractivity contribution in [2.45, 2.75) is 6.10 Å². The number of phenolic OH excluding ortho intramolecular Hbond substituents is 1. The number of aliphatic hydroxyl groups is 1. The third-order valence-corrected chi connectivity index (χ3v) is 1.72. The zero-order chi connectivity index (χ0) is 9.84. The Morgan fingerprint density at radius 1 is 1.54 bits per heavy atom. The van der Waals surface area contributed by atoms with E-state index < -0.39 is 6.10 Å². The molecule has 0 fully saturated rings. The Kier molecular flexibility index (Phi) is 3.25. The summed E-state index contributed by atoms with van der Waals surface area (Å²) in [6.45, 7) is 0.337. The van der Waals surface area contributed by atoms with E-state index in [4.69, 9.17) is 10.9 Å². The van der Waals surface area contributed by atoms with Gasteiger partial charge in [0, 0.05) is 13.6 Å². The van der Waals surface area contributed by atoms with Crippen molar-refractivity contribution >= 4 is 0 Å². The van der Waals surface area contributed by atoms with Crippen LogP contribution in [-0.2, 0) is 0 Å². The molecule has 0 radical (unpaired) electrons. The number of phenols is 1. The Hall–Kier alpha value is -1.10. The lowest BCUT2D eigenvalue weighted by atomic mass is 10.1. The van der Waals surface area contributed by atoms with E-state index in [0.29, 0.717) is 12.1 Å². The van der Waals surface area contributed by atoms with Gasteiger partial charge in [-0.1, -0.05) is 12.1 Å². The van der Waals surface area contributed by atoms with Gasteiger partial charge >= 0.3 is 0 Å². The molecular formula is C9H14N2O2. The molecule has 0 saturated heterocycles. The Labute approximate surface area is 77.2 Å². The molecule has 0 amide bonds. The largest absolute Gasteiger partial charge is 0.508 e. The van der Waals surface area contributed by atoms with Crippen molar-refractivity contribution in [2.24, 2.45) is 5.84 Å². The Morgan fingerprint density at radius 2 is 2.23 bits per heavy atom. The minimum atomic E-state index is -0.665. The molecule has 0 heterocycles. The maximum absolute atomic E-state index is 9.58. The second-order valence-electron chi connectivity index (χ2n) is 3.05. The minimum Gasteiger partial charge on any atom is -0.508 e. The molecule has 1 aromatic carbocycles. The first kappa shape index (κ1) is 9.98. The highest BCUT2D eigenvalue weighted by Crippen LogP contribution is 2.17. The van der Waals surface area contributed by atoms with Gasteiger partial charge in [-0.25, -0.2) is 5.01 Å². The fourth-order valence-corrected chi connectivity index (χ4v) is 1.11. The minimum absolute atomic E-state index is 0.149. The molecule has 72 valence electrons. The van der Waals surface area contributed by atoms with Gasteiger partial charge in [0.05, 0.1) is 6.10 Å². The molecule has 0 aliphatic rings. The molecule has 0 aliphatic heterocycles. The highest BCUT2D eigenvalue weighted by Gasteiger charge is 2.08. The van der Waals surface area contributed by atoms with Gasteiger partial charge in [-0.2, -0.15) is 0 Å². The lowest BCUT2D eigenvalue weighted by Crippen LogP contribution is -2.30. The van der Waals surface area contributed by atoms with E-state index in [2.05, 4.69) is 0 Å². The van der Waals surface area contributed by atoms with Gasteiger partial charge in [-0.15, -0.1) is 0 Å². The molecule has 0 aromatic heterocycles. The predicted molar refractivity (Wildman–Crippen MR) is 49.9 cm³/mol. The zero-order valence-corrected chi connectivity index (χ0v) is 7.51. The van der Waals surface area contributed by atoms with Crippen molar-refractivity contribution in [1.29, 1.82) is 0 Å². The number of hydrogen-bond donors (Lipinski definition) is 3. The summed E-state index contributed by atoms with van der Waals surface area (Å²) in [5.41, 5.74) is 0.664. The maximum Gasteiger partial charge on any atom is 0.115 e. The fraction of sp³-hybridized carbons (Fsp3) is 0.333. The maximum atomic E-state index is 9.58. The molecule has 1 unspecified atom stereocenters. The summed E-state index contributed by atoms with van der Waals surface area (Å²) < 4.78 is 0. The third-order valence-electron chi connectivity index (χ3n) is 1.72. The highest BCUT2D eigenvalue weighted by atomic mass is 16.3. The lowest BCUT2D eigenvalue weighted by Gasteiger charge is -2.15. The van der Waals surface area contributed by atoms with Gasteiger partial charge in [0.1, 0.15) is 5.75 Å². The van der Waals surface area contributed by atoms with E-state index in [9.17, 15) is 5.11 Å². The van der Waals surface area contributed by atoms with Crippen LogP contribution in [0.25, 0.3) is 0 Å². The van der Waals surface area contributed by atoms with Crippen molar-refractivity contribution in [3.63, 3.8) is 0 Å². The van der Waals surface area contributed by atoms with Crippen molar-refractivity contribution in [2.75, 3.05) is 13.6 Å². The molecule has 1 atom stereocenters. The average molecular weight is 182 g/mol. The number of aliphatic hydroxyl groups excluding tert-OH is 1. The zero-order valence-electron chi connectivity index (χ0n) is 7.51. The van der Waals surface area contributed by atoms with Gasteiger partial charge in [0.25, 0.3) is 0 Å². The number of benzene rings is 1. The van der Waals surface area contributed by atoms with Crippen LogP contribution in [-0.4, -0.2) is 28.8 Å². The van der Waals surface area contributed by atoms with Crippen LogP contribution in [0, 0.1) is 0 Å². The monoisotopic (exact) mass is 182 g/mol. The molecule has 4 heteroatoms. The third kappa shape index (κ3) is 3.02. The van der Waals surface area contributed by atoms with Crippen molar-refractivity contribution < 1.29 is 10.2 Å². The highest BCUT2D eigenvalue weighted by molar-refractivity contribution is 5.28. The Morgan fingerprint density at radius 3 is 2.77 bits per heavy atom. The van der Waals surface area contributed by atoms with Gasteiger partial charge < -0.3 is 10.2 Å². The van der Waals surface area contributed by atoms with Crippen LogP contribution in [0.5, 0.6) is 5.75 Å². The Bertz CT molecular complexity index is 276. The summed E-state index contributed by atoms with van der Waals surface area (Å²) >= 11 is 0. The predicted octanol–water partition coefficient (Wildman–Crippen LogP) is 0.231. The molecule has 4 N–H and O–H groups in total. The van der Waals surface area contributed by atoms with E-state index in [0.717, 1.165) is 0 Å². The fourth-order valence-electron chi connectivity index (χ4n) is 1.11. The van der Waals surface area contributed by atoms with Gasteiger partial charge in [-0.3, -0.25) is 5.84 Å². The first-order valence-electron chi connectivity index (χ1n) is 4.02. The summed E-state index contributed by atoms with van der Waals surface area (Å²) in [7, 11) is 1.67. The molecule has 4 nitrogen and oxygen atoms in total. The number of likely N-dealkylation sites (N-methyl/N-ethyl adjacent to an activating group) is 1. The van der Waals surface area contributed by atoms with E-state index in [-0.39, 0.29) is 5.75 Å². The van der Waals surface area contributed by atoms with Crippen LogP contribution in [0.4, 0.5) is 0 Å². The first-order chi connectivity index (χ1) is 6.09. The van der Waals surface area contributed by atoms with Crippen LogP contribution in [0.1, 0.15) is 11.7 Å². The van der Waals surface area contributed by atoms with E-state index in [1.54, 1.807) is 25.2 Å². The van der Waals surface area contributed by atoms with E-state index in [1.165, 1.54) is 11.1 Å². The van der Waals surface area contributed by atoms with Crippen LogP contribution in [0.15, 0.2) is 24.3 Å². The van der Waals surface area contributed by atoms with Crippen molar-refractivity contribution in [1.82, 2.24) is 5.01 Å². The van der Waals surface area contributed by atoms with Crippen molar-refractivity contribution in [3.05, 3.63) is 29.8 Å². The smallest absolute Gasteiger partial charge is 0.115 e. The number of aromatic hydroxyl groups is 1. The molecule has 0 bridgehead atoms. The number of hydrazine groups is 1. The van der Waals surface area contributed by atoms with Crippen LogP contribution >= 0.6 is 0 Å². The van der Waals surface area contributed by atoms with Gasteiger partial charge in [0.2, 0.25) is 0 Å². The molecule has 13 heavy (non-hydrogen) atoms. The normalized spacial score (nSPS) is 13.2. The summed E-state index contributed by atoms with van der Waals surface area (Å²) in [5.74, 6) is 5.53. The molecule has 0 saturated carbocycles. The summed E-state index contributed by atoms with van der Waals surface area (Å²) in [4.78, 5) is 0. The molecule has 0 aliphatic carbocycles. The Balaban J connectivity index is 2.71. The summed E-state index contributed by atoms with van der Waals surface area (Å²) in [6, 6.07) is 6.51. The van der Waals surface area contributed by atoms with Crippen LogP contribution < -0.4 is 5.84 Å². The van der Waals surface area contributed by atoms with Gasteiger partial charge in [0.15, 0.2) is 0 Å². The number of hydrogen-bond acceptors (Lipinski definition) is 4. The number of nitrogens with two attached hydrogens (primary N) is 1. The molecule has 1 aromatic rings. The molecular weight excluding hydrogens is 168 g/mol. The van der Waals surface area contributed by atoms with Gasteiger partial charge in [-0.05, 0) is 17.7 Å². The first-order valence-corrected chi connectivity index (χ1v) is 4.02. The van der Waals surface area contributed by atoms with Crippen LogP contribution in [0.2, 0.25) is 0 Å². The number of rotatable bonds is 3. The molecule has 1 rings (SSSR count). The summed E-state index contributed by atoms with van der Waals surface area (Å²) in [5, 5.41) is 20.1. The molecule has 0 spiro atoms. The van der Waals surface area contributed by atoms with E-state index in [1.807, 2.05) is 0 Å². The quantitative estimate of drug-likeness (QED) is 0.462. The summed E-state index contributed by atoms with van der Waals surface area (Å²) in [6.07, 6.45) is -0.665.